The number of nitrogens with one attached hydrogen (secondary N) is 1. The number of hydrogen-bond acceptors (Lipinski definition) is 1. The Balaban J connectivity index is 2.72. The van der Waals surface area contributed by atoms with Crippen LogP contribution in [0.2, 0.25) is 0 Å². The summed E-state index contributed by atoms with van der Waals surface area (Å²) in [6.45, 7) is 8.52. The minimum absolute atomic E-state index is 0.164. The number of halogens is 1. The third-order valence-corrected chi connectivity index (χ3v) is 2.90. The predicted molar refractivity (Wildman–Crippen MR) is 67.8 cm³/mol. The lowest BCUT2D eigenvalue weighted by molar-refractivity contribution is 0.476. The van der Waals surface area contributed by atoms with E-state index in [4.69, 9.17) is 11.6 Å². The highest BCUT2D eigenvalue weighted by atomic mass is 35.5. The molecule has 15 heavy (non-hydrogen) atoms. The molecule has 0 radical (unpaired) electrons. The molecular formula is C13H20ClN. The highest BCUT2D eigenvalue weighted by molar-refractivity contribution is 6.18. The van der Waals surface area contributed by atoms with E-state index >= 15 is 0 Å². The van der Waals surface area contributed by atoms with Gasteiger partial charge in [0.15, 0.2) is 0 Å². The fourth-order valence-corrected chi connectivity index (χ4v) is 2.03. The molecule has 0 bridgehead atoms. The smallest absolute Gasteiger partial charge is 0.0348 e. The average molecular weight is 226 g/mol. The molecule has 1 aromatic carbocycles. The van der Waals surface area contributed by atoms with Crippen LogP contribution in [0.3, 0.4) is 0 Å². The van der Waals surface area contributed by atoms with Gasteiger partial charge in [0.05, 0.1) is 0 Å². The van der Waals surface area contributed by atoms with Gasteiger partial charge in [-0.3, -0.25) is 0 Å². The van der Waals surface area contributed by atoms with Crippen LogP contribution in [0.4, 0.5) is 0 Å². The molecule has 0 unspecified atom stereocenters. The Morgan fingerprint density at radius 1 is 1.27 bits per heavy atom. The maximum absolute atomic E-state index is 5.65. The van der Waals surface area contributed by atoms with Gasteiger partial charge in [0.2, 0.25) is 0 Å². The summed E-state index contributed by atoms with van der Waals surface area (Å²) in [5.74, 6) is 0.670. The fourth-order valence-electron chi connectivity index (χ4n) is 1.90. The summed E-state index contributed by atoms with van der Waals surface area (Å²) in [6.07, 6.45) is 0. The van der Waals surface area contributed by atoms with E-state index in [1.165, 1.54) is 11.1 Å². The largest absolute Gasteiger partial charge is 0.315 e. The van der Waals surface area contributed by atoms with Crippen LogP contribution >= 0.6 is 11.6 Å². The lowest BCUT2D eigenvalue weighted by Crippen LogP contribution is -2.34. The van der Waals surface area contributed by atoms with Gasteiger partial charge in [0, 0.05) is 24.4 Å². The van der Waals surface area contributed by atoms with Crippen LogP contribution in [0.1, 0.15) is 25.0 Å². The molecule has 0 saturated heterocycles. The molecule has 2 heteroatoms. The number of hydrogen-bond donors (Lipinski definition) is 1. The monoisotopic (exact) mass is 225 g/mol. The molecule has 0 atom stereocenters. The topological polar surface area (TPSA) is 12.0 Å². The lowest BCUT2D eigenvalue weighted by atomic mass is 9.82. The molecule has 0 aromatic heterocycles. The molecular weight excluding hydrogens is 206 g/mol. The van der Waals surface area contributed by atoms with Crippen LogP contribution in [0.25, 0.3) is 0 Å². The maximum Gasteiger partial charge on any atom is 0.0348 e. The second-order valence-corrected chi connectivity index (χ2v) is 4.94. The van der Waals surface area contributed by atoms with E-state index in [9.17, 15) is 0 Å². The van der Waals surface area contributed by atoms with Crippen LogP contribution in [-0.2, 0) is 5.41 Å². The molecule has 0 spiro atoms. The van der Waals surface area contributed by atoms with Crippen LogP contribution in [0, 0.1) is 6.92 Å². The quantitative estimate of drug-likeness (QED) is 0.600. The van der Waals surface area contributed by atoms with Crippen molar-refractivity contribution in [3.63, 3.8) is 0 Å². The zero-order valence-electron chi connectivity index (χ0n) is 9.81. The number of alkyl halides is 1. The predicted octanol–water partition coefficient (Wildman–Crippen LogP) is 3.10. The van der Waals surface area contributed by atoms with Crippen molar-refractivity contribution in [2.24, 2.45) is 0 Å². The van der Waals surface area contributed by atoms with Gasteiger partial charge in [-0.25, -0.2) is 0 Å². The zero-order valence-corrected chi connectivity index (χ0v) is 10.6. The summed E-state index contributed by atoms with van der Waals surface area (Å²) in [5, 5.41) is 3.37. The highest BCUT2D eigenvalue weighted by Crippen LogP contribution is 2.25. The molecule has 0 heterocycles. The van der Waals surface area contributed by atoms with Crippen molar-refractivity contribution in [3.8, 4) is 0 Å². The Hall–Kier alpha value is -0.530. The van der Waals surface area contributed by atoms with Crippen LogP contribution in [0.15, 0.2) is 24.3 Å². The van der Waals surface area contributed by atoms with Crippen molar-refractivity contribution in [2.75, 3.05) is 19.0 Å². The minimum atomic E-state index is 0.164. The highest BCUT2D eigenvalue weighted by Gasteiger charge is 2.21. The molecule has 1 N–H and O–H groups in total. The summed E-state index contributed by atoms with van der Waals surface area (Å²) in [6, 6.07) is 8.56. The number of rotatable bonds is 5. The summed E-state index contributed by atoms with van der Waals surface area (Å²) in [5.41, 5.74) is 2.93. The third kappa shape index (κ3) is 3.51. The molecule has 0 aliphatic rings. The summed E-state index contributed by atoms with van der Waals surface area (Å²) in [4.78, 5) is 0. The normalized spacial score (nSPS) is 11.7. The van der Waals surface area contributed by atoms with Gasteiger partial charge in [-0.05, 0) is 18.1 Å². The second kappa shape index (κ2) is 5.53. The first-order valence-corrected chi connectivity index (χ1v) is 5.94. The van der Waals surface area contributed by atoms with Crippen molar-refractivity contribution in [3.05, 3.63) is 35.4 Å². The van der Waals surface area contributed by atoms with E-state index in [0.717, 1.165) is 13.1 Å². The molecule has 1 rings (SSSR count). The molecule has 0 fully saturated rings. The van der Waals surface area contributed by atoms with Crippen LogP contribution in [0.5, 0.6) is 0 Å². The standard InChI is InChI=1S/C13H20ClN/c1-11-6-4-5-7-12(11)13(2,3)10-15-9-8-14/h4-7,15H,8-10H2,1-3H3. The zero-order chi connectivity index (χ0) is 11.3. The van der Waals surface area contributed by atoms with Gasteiger partial charge in [-0.2, -0.15) is 0 Å². The van der Waals surface area contributed by atoms with Crippen molar-refractivity contribution in [1.29, 1.82) is 0 Å². The molecule has 0 aliphatic carbocycles. The van der Waals surface area contributed by atoms with Gasteiger partial charge in [0.1, 0.15) is 0 Å². The van der Waals surface area contributed by atoms with E-state index < -0.39 is 0 Å². The van der Waals surface area contributed by atoms with Gasteiger partial charge in [-0.15, -0.1) is 11.6 Å². The number of benzene rings is 1. The van der Waals surface area contributed by atoms with E-state index in [2.05, 4.69) is 50.4 Å². The molecule has 0 saturated carbocycles. The summed E-state index contributed by atoms with van der Waals surface area (Å²) >= 11 is 5.65. The Bertz CT molecular complexity index is 307. The molecule has 0 amide bonds. The van der Waals surface area contributed by atoms with Gasteiger partial charge < -0.3 is 5.32 Å². The first-order chi connectivity index (χ1) is 7.08. The first-order valence-electron chi connectivity index (χ1n) is 5.41. The van der Waals surface area contributed by atoms with E-state index in [0.29, 0.717) is 5.88 Å². The third-order valence-electron chi connectivity index (χ3n) is 2.71. The van der Waals surface area contributed by atoms with Gasteiger partial charge >= 0.3 is 0 Å². The van der Waals surface area contributed by atoms with Crippen LogP contribution < -0.4 is 5.32 Å². The minimum Gasteiger partial charge on any atom is -0.315 e. The Labute approximate surface area is 97.8 Å². The Morgan fingerprint density at radius 2 is 1.93 bits per heavy atom. The van der Waals surface area contributed by atoms with E-state index in [1.54, 1.807) is 0 Å². The van der Waals surface area contributed by atoms with Crippen molar-refractivity contribution in [2.45, 2.75) is 26.2 Å². The van der Waals surface area contributed by atoms with Crippen molar-refractivity contribution in [1.82, 2.24) is 5.32 Å². The molecule has 0 aliphatic heterocycles. The SMILES string of the molecule is Cc1ccccc1C(C)(C)CNCCCl. The van der Waals surface area contributed by atoms with E-state index in [-0.39, 0.29) is 5.41 Å². The van der Waals surface area contributed by atoms with Gasteiger partial charge in [-0.1, -0.05) is 38.1 Å². The molecule has 1 nitrogen and oxygen atoms in total. The second-order valence-electron chi connectivity index (χ2n) is 4.56. The van der Waals surface area contributed by atoms with Crippen molar-refractivity contribution >= 4 is 11.6 Å². The van der Waals surface area contributed by atoms with Gasteiger partial charge in [0.25, 0.3) is 0 Å². The molecule has 1 aromatic rings. The fraction of sp³-hybridized carbons (Fsp3) is 0.538. The Morgan fingerprint density at radius 3 is 2.53 bits per heavy atom. The summed E-state index contributed by atoms with van der Waals surface area (Å²) < 4.78 is 0. The van der Waals surface area contributed by atoms with Crippen LogP contribution in [-0.4, -0.2) is 19.0 Å². The molecule has 84 valence electrons. The van der Waals surface area contributed by atoms with Crippen molar-refractivity contribution < 1.29 is 0 Å². The average Bonchev–Trinajstić information content (AvgIpc) is 2.18. The lowest BCUT2D eigenvalue weighted by Gasteiger charge is -2.27. The first kappa shape index (κ1) is 12.5. The number of aryl methyl sites for hydroxylation is 1. The Kier molecular flexibility index (Phi) is 4.62. The van der Waals surface area contributed by atoms with E-state index in [1.807, 2.05) is 0 Å². The maximum atomic E-state index is 5.65. The summed E-state index contributed by atoms with van der Waals surface area (Å²) in [7, 11) is 0.